The van der Waals surface area contributed by atoms with Crippen LogP contribution in [0, 0.1) is 0 Å². The number of aromatic nitrogens is 2. The van der Waals surface area contributed by atoms with E-state index in [0.717, 1.165) is 30.3 Å². The summed E-state index contributed by atoms with van der Waals surface area (Å²) in [5.74, 6) is 0.134. The van der Waals surface area contributed by atoms with Crippen molar-refractivity contribution in [1.82, 2.24) is 20.0 Å². The van der Waals surface area contributed by atoms with E-state index in [0.29, 0.717) is 24.1 Å². The molecule has 29 heavy (non-hydrogen) atoms. The third-order valence-corrected chi connectivity index (χ3v) is 5.72. The Kier molecular flexibility index (Phi) is 5.23. The first-order chi connectivity index (χ1) is 13.9. The highest BCUT2D eigenvalue weighted by Gasteiger charge is 2.28. The van der Waals surface area contributed by atoms with Gasteiger partial charge in [-0.3, -0.25) is 29.4 Å². The number of amides is 4. The summed E-state index contributed by atoms with van der Waals surface area (Å²) in [6, 6.07) is 5.47. The van der Waals surface area contributed by atoms with E-state index in [2.05, 4.69) is 27.6 Å². The van der Waals surface area contributed by atoms with E-state index in [4.69, 9.17) is 0 Å². The third-order valence-electron chi connectivity index (χ3n) is 5.72. The smallest absolute Gasteiger partial charge is 0.323 e. The molecule has 2 N–H and O–H groups in total. The maximum absolute atomic E-state index is 12.7. The third kappa shape index (κ3) is 3.82. The van der Waals surface area contributed by atoms with E-state index in [-0.39, 0.29) is 24.8 Å². The van der Waals surface area contributed by atoms with Crippen molar-refractivity contribution in [2.24, 2.45) is 7.05 Å². The molecule has 0 saturated carbocycles. The van der Waals surface area contributed by atoms with Gasteiger partial charge in [0, 0.05) is 31.4 Å². The van der Waals surface area contributed by atoms with Gasteiger partial charge >= 0.3 is 6.03 Å². The van der Waals surface area contributed by atoms with Gasteiger partial charge in [0.2, 0.25) is 11.8 Å². The number of fused-ring (bicyclic) bond motifs is 1. The minimum absolute atomic E-state index is 0.0599. The van der Waals surface area contributed by atoms with Crippen LogP contribution >= 0.6 is 0 Å². The van der Waals surface area contributed by atoms with Crippen LogP contribution in [-0.2, 0) is 16.6 Å². The number of rotatable bonds is 4. The number of para-hydroxylation sites is 1. The molecule has 1 aromatic heterocycles. The van der Waals surface area contributed by atoms with Crippen molar-refractivity contribution in [3.63, 3.8) is 0 Å². The Bertz CT molecular complexity index is 969. The molecule has 0 bridgehead atoms. The molecule has 2 fully saturated rings. The number of urea groups is 1. The van der Waals surface area contributed by atoms with Gasteiger partial charge in [0.1, 0.15) is 0 Å². The quantitative estimate of drug-likeness (QED) is 0.819. The first-order valence-corrected chi connectivity index (χ1v) is 10.0. The highest BCUT2D eigenvalue weighted by atomic mass is 16.2. The number of carbonyl (C=O) groups excluding carboxylic acids is 3. The highest BCUT2D eigenvalue weighted by Crippen LogP contribution is 2.31. The van der Waals surface area contributed by atoms with Crippen LogP contribution in [0.15, 0.2) is 18.2 Å². The number of aryl methyl sites for hydroxylation is 1. The Morgan fingerprint density at radius 2 is 2.10 bits per heavy atom. The molecular formula is C20H26N6O3. The molecule has 2 saturated heterocycles. The van der Waals surface area contributed by atoms with Crippen molar-refractivity contribution in [3.8, 4) is 0 Å². The lowest BCUT2D eigenvalue weighted by atomic mass is 10.0. The van der Waals surface area contributed by atoms with Crippen molar-refractivity contribution in [1.29, 1.82) is 0 Å². The van der Waals surface area contributed by atoms with Crippen molar-refractivity contribution in [2.45, 2.75) is 38.6 Å². The fourth-order valence-corrected chi connectivity index (χ4v) is 4.15. The summed E-state index contributed by atoms with van der Waals surface area (Å²) in [7, 11) is 1.78. The molecule has 9 heteroatoms. The van der Waals surface area contributed by atoms with E-state index in [1.54, 1.807) is 11.7 Å². The van der Waals surface area contributed by atoms with E-state index in [1.807, 2.05) is 18.2 Å². The molecule has 0 radical (unpaired) electrons. The van der Waals surface area contributed by atoms with Gasteiger partial charge in [0.25, 0.3) is 0 Å². The lowest BCUT2D eigenvalue weighted by Gasteiger charge is -2.32. The number of nitrogens with one attached hydrogen (secondary N) is 2. The molecule has 1 aromatic carbocycles. The predicted molar refractivity (Wildman–Crippen MR) is 110 cm³/mol. The van der Waals surface area contributed by atoms with Gasteiger partial charge in [-0.25, -0.2) is 4.79 Å². The SMILES string of the molecule is C[C@H]1CCCCN1CC(=O)Nc1cccc2c(N3CCC(=O)NC3=O)nn(C)c12. The Labute approximate surface area is 169 Å². The molecule has 2 aromatic rings. The van der Waals surface area contributed by atoms with Crippen LogP contribution in [0.4, 0.5) is 16.3 Å². The maximum atomic E-state index is 12.7. The summed E-state index contributed by atoms with van der Waals surface area (Å²) in [6.07, 6.45) is 3.69. The second kappa shape index (κ2) is 7.82. The van der Waals surface area contributed by atoms with Gasteiger partial charge in [-0.05, 0) is 38.4 Å². The number of anilines is 2. The molecule has 2 aliphatic rings. The van der Waals surface area contributed by atoms with Gasteiger partial charge < -0.3 is 5.32 Å². The van der Waals surface area contributed by atoms with Crippen LogP contribution in [0.25, 0.3) is 10.9 Å². The van der Waals surface area contributed by atoms with Gasteiger partial charge in [-0.15, -0.1) is 0 Å². The number of likely N-dealkylation sites (tertiary alicyclic amines) is 1. The Hall–Kier alpha value is -2.94. The molecule has 2 aliphatic heterocycles. The van der Waals surface area contributed by atoms with Crippen molar-refractivity contribution in [2.75, 3.05) is 29.9 Å². The summed E-state index contributed by atoms with van der Waals surface area (Å²) < 4.78 is 1.66. The zero-order valence-electron chi connectivity index (χ0n) is 16.8. The number of carbonyl (C=O) groups is 3. The lowest BCUT2D eigenvalue weighted by Crippen LogP contribution is -2.49. The van der Waals surface area contributed by atoms with Crippen LogP contribution < -0.4 is 15.5 Å². The first-order valence-electron chi connectivity index (χ1n) is 10.0. The van der Waals surface area contributed by atoms with Gasteiger partial charge in [-0.1, -0.05) is 12.5 Å². The maximum Gasteiger partial charge on any atom is 0.329 e. The largest absolute Gasteiger partial charge is 0.329 e. The second-order valence-electron chi connectivity index (χ2n) is 7.77. The van der Waals surface area contributed by atoms with E-state index in [9.17, 15) is 14.4 Å². The van der Waals surface area contributed by atoms with Crippen molar-refractivity contribution >= 4 is 40.3 Å². The van der Waals surface area contributed by atoms with Crippen molar-refractivity contribution in [3.05, 3.63) is 18.2 Å². The second-order valence-corrected chi connectivity index (χ2v) is 7.77. The normalized spacial score (nSPS) is 20.8. The fourth-order valence-electron chi connectivity index (χ4n) is 4.15. The Morgan fingerprint density at radius 3 is 2.86 bits per heavy atom. The number of piperidine rings is 1. The molecule has 9 nitrogen and oxygen atoms in total. The van der Waals surface area contributed by atoms with Crippen LogP contribution in [0.2, 0.25) is 0 Å². The lowest BCUT2D eigenvalue weighted by molar-refractivity contribution is -0.120. The summed E-state index contributed by atoms with van der Waals surface area (Å²) in [6.45, 7) is 3.74. The number of benzene rings is 1. The van der Waals surface area contributed by atoms with Gasteiger partial charge in [0.15, 0.2) is 5.82 Å². The Morgan fingerprint density at radius 1 is 1.28 bits per heavy atom. The number of hydrogen-bond donors (Lipinski definition) is 2. The van der Waals surface area contributed by atoms with Gasteiger partial charge in [-0.2, -0.15) is 5.10 Å². The zero-order chi connectivity index (χ0) is 20.5. The molecule has 4 amide bonds. The minimum Gasteiger partial charge on any atom is -0.323 e. The van der Waals surface area contributed by atoms with E-state index in [1.165, 1.54) is 11.3 Å². The van der Waals surface area contributed by atoms with Crippen LogP contribution in [-0.4, -0.2) is 58.2 Å². The fraction of sp³-hybridized carbons (Fsp3) is 0.500. The molecule has 0 aliphatic carbocycles. The monoisotopic (exact) mass is 398 g/mol. The predicted octanol–water partition coefficient (Wildman–Crippen LogP) is 1.83. The summed E-state index contributed by atoms with van der Waals surface area (Å²) >= 11 is 0. The number of imide groups is 1. The summed E-state index contributed by atoms with van der Waals surface area (Å²) in [5.41, 5.74) is 1.40. The van der Waals surface area contributed by atoms with E-state index < -0.39 is 6.03 Å². The highest BCUT2D eigenvalue weighted by molar-refractivity contribution is 6.11. The molecule has 4 rings (SSSR count). The van der Waals surface area contributed by atoms with Crippen LogP contribution in [0.3, 0.4) is 0 Å². The first kappa shape index (κ1) is 19.4. The Balaban J connectivity index is 1.58. The van der Waals surface area contributed by atoms with Crippen molar-refractivity contribution < 1.29 is 14.4 Å². The van der Waals surface area contributed by atoms with Crippen LogP contribution in [0.5, 0.6) is 0 Å². The minimum atomic E-state index is -0.477. The van der Waals surface area contributed by atoms with Crippen LogP contribution in [0.1, 0.15) is 32.6 Å². The molecule has 0 spiro atoms. The topological polar surface area (TPSA) is 99.6 Å². The molecular weight excluding hydrogens is 372 g/mol. The average molecular weight is 398 g/mol. The average Bonchev–Trinajstić information content (AvgIpc) is 3.01. The molecule has 3 heterocycles. The summed E-state index contributed by atoms with van der Waals surface area (Å²) in [4.78, 5) is 40.0. The number of hydrogen-bond acceptors (Lipinski definition) is 5. The standard InChI is InChI=1S/C20H26N6O3/c1-13-6-3-4-10-25(13)12-17(28)21-15-8-5-7-14-18(15)24(2)23-19(14)26-11-9-16(27)22-20(26)29/h5,7-8,13H,3-4,6,9-12H2,1-2H3,(H,21,28)(H,22,27,29)/t13-/m0/s1. The van der Waals surface area contributed by atoms with E-state index >= 15 is 0 Å². The van der Waals surface area contributed by atoms with Gasteiger partial charge in [0.05, 0.1) is 17.7 Å². The zero-order valence-corrected chi connectivity index (χ0v) is 16.8. The molecule has 1 atom stereocenters. The summed E-state index contributed by atoms with van der Waals surface area (Å²) in [5, 5.41) is 10.6. The number of nitrogens with zero attached hydrogens (tertiary/aromatic N) is 4. The molecule has 0 unspecified atom stereocenters. The molecule has 154 valence electrons.